The highest BCUT2D eigenvalue weighted by molar-refractivity contribution is 5.81. The van der Waals surface area contributed by atoms with Gasteiger partial charge in [-0.25, -0.2) is 0 Å². The smallest absolute Gasteiger partial charge is 0.134 e. The van der Waals surface area contributed by atoms with E-state index in [2.05, 4.69) is 15.5 Å². The predicted molar refractivity (Wildman–Crippen MR) is 64.6 cm³/mol. The number of hydrogen-bond donors (Lipinski definition) is 2. The molecule has 0 aromatic rings. The number of Topliss-reactive ketones (excluding diaryl/α,β-unsaturated/α-hetero) is 1. The van der Waals surface area contributed by atoms with Crippen LogP contribution in [0.15, 0.2) is 0 Å². The molecule has 1 saturated carbocycles. The lowest BCUT2D eigenvalue weighted by Crippen LogP contribution is -2.68. The number of piperidine rings is 1. The SMILES string of the molecule is O=C1CC[C@@H]2CCN3CCC4NCN[C@H]4[C@]23C1. The number of nitrogens with one attached hydrogen (secondary N) is 2. The summed E-state index contributed by atoms with van der Waals surface area (Å²) in [6.07, 6.45) is 5.29. The lowest BCUT2D eigenvalue weighted by Gasteiger charge is -2.53. The van der Waals surface area contributed by atoms with Gasteiger partial charge in [0.1, 0.15) is 5.78 Å². The van der Waals surface area contributed by atoms with Crippen LogP contribution >= 0.6 is 0 Å². The summed E-state index contributed by atoms with van der Waals surface area (Å²) >= 11 is 0. The van der Waals surface area contributed by atoms with Gasteiger partial charge in [0, 0.05) is 43.7 Å². The van der Waals surface area contributed by atoms with Crippen molar-refractivity contribution in [3.05, 3.63) is 0 Å². The van der Waals surface area contributed by atoms with Crippen LogP contribution in [-0.4, -0.2) is 48.1 Å². The molecule has 4 heteroatoms. The van der Waals surface area contributed by atoms with Crippen molar-refractivity contribution in [3.8, 4) is 0 Å². The van der Waals surface area contributed by atoms with E-state index in [1.54, 1.807) is 0 Å². The van der Waals surface area contributed by atoms with Crippen LogP contribution in [0.1, 0.15) is 32.1 Å². The molecule has 4 rings (SSSR count). The Hall–Kier alpha value is -0.450. The minimum Gasteiger partial charge on any atom is -0.300 e. The van der Waals surface area contributed by atoms with Crippen LogP contribution in [0.4, 0.5) is 0 Å². The number of ketones is 1. The van der Waals surface area contributed by atoms with Gasteiger partial charge >= 0.3 is 0 Å². The first kappa shape index (κ1) is 10.5. The van der Waals surface area contributed by atoms with E-state index in [-0.39, 0.29) is 5.54 Å². The fraction of sp³-hybridized carbons (Fsp3) is 0.923. The average Bonchev–Trinajstić information content (AvgIpc) is 2.90. The summed E-state index contributed by atoms with van der Waals surface area (Å²) in [5, 5.41) is 7.20. The van der Waals surface area contributed by atoms with E-state index in [1.807, 2.05) is 0 Å². The minimum absolute atomic E-state index is 0.168. The number of hydrogen-bond acceptors (Lipinski definition) is 4. The van der Waals surface area contributed by atoms with E-state index in [9.17, 15) is 4.79 Å². The van der Waals surface area contributed by atoms with Gasteiger partial charge in [0.25, 0.3) is 0 Å². The van der Waals surface area contributed by atoms with Crippen molar-refractivity contribution in [2.75, 3.05) is 19.8 Å². The van der Waals surface area contributed by atoms with Crippen molar-refractivity contribution in [1.82, 2.24) is 15.5 Å². The van der Waals surface area contributed by atoms with Crippen molar-refractivity contribution in [2.24, 2.45) is 5.92 Å². The first-order valence-corrected chi connectivity index (χ1v) is 7.04. The van der Waals surface area contributed by atoms with Crippen LogP contribution < -0.4 is 10.6 Å². The Labute approximate surface area is 102 Å². The third kappa shape index (κ3) is 1.26. The molecule has 0 aromatic heterocycles. The highest BCUT2D eigenvalue weighted by Crippen LogP contribution is 2.49. The fourth-order valence-electron chi connectivity index (χ4n) is 4.95. The quantitative estimate of drug-likeness (QED) is 0.625. The molecule has 4 fully saturated rings. The Morgan fingerprint density at radius 3 is 3.00 bits per heavy atom. The Morgan fingerprint density at radius 2 is 2.06 bits per heavy atom. The largest absolute Gasteiger partial charge is 0.300 e. The normalized spacial score (nSPS) is 49.9. The number of fused-ring (bicyclic) bond motifs is 1. The van der Waals surface area contributed by atoms with E-state index in [1.165, 1.54) is 25.9 Å². The van der Waals surface area contributed by atoms with Gasteiger partial charge in [-0.05, 0) is 31.7 Å². The van der Waals surface area contributed by atoms with E-state index in [4.69, 9.17) is 0 Å². The molecule has 3 aliphatic heterocycles. The summed E-state index contributed by atoms with van der Waals surface area (Å²) in [6.45, 7) is 3.31. The Bertz CT molecular complexity index is 351. The molecule has 0 amide bonds. The lowest BCUT2D eigenvalue weighted by molar-refractivity contribution is -0.128. The minimum atomic E-state index is 0.168. The third-order valence-corrected chi connectivity index (χ3v) is 5.63. The standard InChI is InChI=1S/C13H21N3O/c17-10-2-1-9-3-5-16-6-4-11-12(15-8-14-11)13(9,16)7-10/h9,11-12,14-15H,1-8H2/t9-,11?,12-,13+/m1/s1. The molecule has 0 aromatic carbocycles. The molecule has 1 spiro atoms. The van der Waals surface area contributed by atoms with Crippen LogP contribution in [0.5, 0.6) is 0 Å². The van der Waals surface area contributed by atoms with Crippen molar-refractivity contribution in [3.63, 3.8) is 0 Å². The zero-order valence-electron chi connectivity index (χ0n) is 10.2. The van der Waals surface area contributed by atoms with E-state index >= 15 is 0 Å². The van der Waals surface area contributed by atoms with Crippen molar-refractivity contribution < 1.29 is 4.79 Å². The summed E-state index contributed by atoms with van der Waals surface area (Å²) < 4.78 is 0. The zero-order chi connectivity index (χ0) is 11.5. The maximum Gasteiger partial charge on any atom is 0.134 e. The first-order valence-electron chi connectivity index (χ1n) is 7.04. The van der Waals surface area contributed by atoms with Crippen LogP contribution in [0.25, 0.3) is 0 Å². The molecule has 94 valence electrons. The maximum atomic E-state index is 12.0. The zero-order valence-corrected chi connectivity index (χ0v) is 10.2. The first-order chi connectivity index (χ1) is 8.30. The molecular formula is C13H21N3O. The van der Waals surface area contributed by atoms with Gasteiger partial charge in [-0.3, -0.25) is 20.3 Å². The van der Waals surface area contributed by atoms with Gasteiger partial charge in [-0.2, -0.15) is 0 Å². The van der Waals surface area contributed by atoms with Gasteiger partial charge in [0.05, 0.1) is 0 Å². The highest BCUT2D eigenvalue weighted by atomic mass is 16.1. The second-order valence-electron chi connectivity index (χ2n) is 6.18. The monoisotopic (exact) mass is 235 g/mol. The van der Waals surface area contributed by atoms with Gasteiger partial charge in [-0.1, -0.05) is 0 Å². The Morgan fingerprint density at radius 1 is 1.18 bits per heavy atom. The van der Waals surface area contributed by atoms with Crippen LogP contribution in [0.2, 0.25) is 0 Å². The Balaban J connectivity index is 1.76. The summed E-state index contributed by atoms with van der Waals surface area (Å²) in [5.41, 5.74) is 0.168. The third-order valence-electron chi connectivity index (χ3n) is 5.63. The van der Waals surface area contributed by atoms with Gasteiger partial charge < -0.3 is 0 Å². The van der Waals surface area contributed by atoms with Gasteiger partial charge in [-0.15, -0.1) is 0 Å². The van der Waals surface area contributed by atoms with Gasteiger partial charge in [0.15, 0.2) is 0 Å². The number of carbonyl (C=O) groups excluding carboxylic acids is 1. The molecular weight excluding hydrogens is 214 g/mol. The second kappa shape index (κ2) is 3.53. The predicted octanol–water partition coefficient (Wildman–Crippen LogP) is 0.0913. The molecule has 4 atom stereocenters. The number of rotatable bonds is 0. The van der Waals surface area contributed by atoms with E-state index < -0.39 is 0 Å². The maximum absolute atomic E-state index is 12.0. The van der Waals surface area contributed by atoms with Crippen LogP contribution in [-0.2, 0) is 4.79 Å². The summed E-state index contributed by atoms with van der Waals surface area (Å²) in [6, 6.07) is 1.10. The molecule has 17 heavy (non-hydrogen) atoms. The summed E-state index contributed by atoms with van der Waals surface area (Å²) in [5.74, 6) is 1.24. The molecule has 4 nitrogen and oxygen atoms in total. The van der Waals surface area contributed by atoms with Crippen molar-refractivity contribution in [1.29, 1.82) is 0 Å². The molecule has 4 aliphatic rings. The van der Waals surface area contributed by atoms with Crippen molar-refractivity contribution in [2.45, 2.75) is 49.7 Å². The van der Waals surface area contributed by atoms with Crippen LogP contribution in [0.3, 0.4) is 0 Å². The average molecular weight is 235 g/mol. The lowest BCUT2D eigenvalue weighted by atomic mass is 9.65. The van der Waals surface area contributed by atoms with Crippen molar-refractivity contribution >= 4 is 5.78 Å². The van der Waals surface area contributed by atoms with E-state index in [0.717, 1.165) is 31.8 Å². The van der Waals surface area contributed by atoms with E-state index in [0.29, 0.717) is 17.9 Å². The Kier molecular flexibility index (Phi) is 2.17. The molecule has 1 unspecified atom stereocenters. The molecule has 2 N–H and O–H groups in total. The highest BCUT2D eigenvalue weighted by Gasteiger charge is 2.60. The molecule has 1 aliphatic carbocycles. The second-order valence-corrected chi connectivity index (χ2v) is 6.18. The number of carbonyl (C=O) groups is 1. The summed E-state index contributed by atoms with van der Waals surface area (Å²) in [7, 11) is 0. The van der Waals surface area contributed by atoms with Gasteiger partial charge in [0.2, 0.25) is 0 Å². The molecule has 0 bridgehead atoms. The topological polar surface area (TPSA) is 44.4 Å². The number of nitrogens with zero attached hydrogens (tertiary/aromatic N) is 1. The summed E-state index contributed by atoms with van der Waals surface area (Å²) in [4.78, 5) is 14.6. The molecule has 3 heterocycles. The molecule has 0 radical (unpaired) electrons. The fourth-order valence-corrected chi connectivity index (χ4v) is 4.95. The van der Waals surface area contributed by atoms with Crippen LogP contribution in [0, 0.1) is 5.92 Å². The molecule has 3 saturated heterocycles.